The molecule has 5 heteroatoms. The van der Waals surface area contributed by atoms with Crippen LogP contribution in [0.3, 0.4) is 0 Å². The fourth-order valence-electron chi connectivity index (χ4n) is 1.77. The number of hydrogen-bond acceptors (Lipinski definition) is 3. The van der Waals surface area contributed by atoms with Crippen LogP contribution in [-0.4, -0.2) is 12.9 Å². The molecule has 2 N–H and O–H groups in total. The van der Waals surface area contributed by atoms with Gasteiger partial charge in [0.05, 0.1) is 23.3 Å². The Labute approximate surface area is 129 Å². The van der Waals surface area contributed by atoms with Crippen LogP contribution in [0.2, 0.25) is 5.02 Å². The summed E-state index contributed by atoms with van der Waals surface area (Å²) in [6, 6.07) is 10.4. The van der Waals surface area contributed by atoms with E-state index in [1.54, 1.807) is 30.3 Å². The molecule has 0 aliphatic carbocycles. The summed E-state index contributed by atoms with van der Waals surface area (Å²) in [6.07, 6.45) is 0. The first-order chi connectivity index (χ1) is 9.04. The summed E-state index contributed by atoms with van der Waals surface area (Å²) in [4.78, 5) is 12.6. The highest BCUT2D eigenvalue weighted by Gasteiger charge is 2.19. The number of nitrogens with two attached hydrogens (primary N) is 1. The summed E-state index contributed by atoms with van der Waals surface area (Å²) in [5.74, 6) is 0.267. The van der Waals surface area contributed by atoms with Crippen LogP contribution in [0.4, 0.5) is 5.69 Å². The van der Waals surface area contributed by atoms with E-state index in [1.165, 1.54) is 7.11 Å². The van der Waals surface area contributed by atoms with Crippen molar-refractivity contribution in [2.75, 3.05) is 12.8 Å². The average Bonchev–Trinajstić information content (AvgIpc) is 2.38. The van der Waals surface area contributed by atoms with Crippen molar-refractivity contribution in [3.63, 3.8) is 0 Å². The van der Waals surface area contributed by atoms with Crippen molar-refractivity contribution in [3.8, 4) is 5.75 Å². The monoisotopic (exact) mass is 387 g/mol. The highest BCUT2D eigenvalue weighted by molar-refractivity contribution is 14.1. The molecular formula is C14H11ClINO2. The molecule has 0 saturated heterocycles. The Morgan fingerprint density at radius 2 is 2.05 bits per heavy atom. The van der Waals surface area contributed by atoms with Gasteiger partial charge >= 0.3 is 0 Å². The molecule has 0 aliphatic rings. The quantitative estimate of drug-likeness (QED) is 0.495. The summed E-state index contributed by atoms with van der Waals surface area (Å²) in [5.41, 5.74) is 6.96. The molecule has 0 bridgehead atoms. The van der Waals surface area contributed by atoms with Gasteiger partial charge in [-0.2, -0.15) is 0 Å². The lowest BCUT2D eigenvalue weighted by Crippen LogP contribution is -2.08. The number of benzene rings is 2. The number of rotatable bonds is 3. The van der Waals surface area contributed by atoms with E-state index in [4.69, 9.17) is 22.1 Å². The molecule has 0 heterocycles. The number of hydrogen-bond donors (Lipinski definition) is 1. The van der Waals surface area contributed by atoms with Crippen LogP contribution in [0.1, 0.15) is 15.9 Å². The van der Waals surface area contributed by atoms with Gasteiger partial charge < -0.3 is 10.5 Å². The van der Waals surface area contributed by atoms with Crippen LogP contribution in [0.25, 0.3) is 0 Å². The van der Waals surface area contributed by atoms with Gasteiger partial charge in [0.1, 0.15) is 5.75 Å². The summed E-state index contributed by atoms with van der Waals surface area (Å²) >= 11 is 8.20. The second kappa shape index (κ2) is 5.79. The molecule has 0 atom stereocenters. The number of anilines is 1. The van der Waals surface area contributed by atoms with E-state index in [1.807, 2.05) is 6.07 Å². The first-order valence-electron chi connectivity index (χ1n) is 5.47. The highest BCUT2D eigenvalue weighted by atomic mass is 127. The standard InChI is InChI=1S/C14H11ClINO2/c1-19-12-6-5-8(16)7-9(12)14(18)13-10(15)3-2-4-11(13)17/h2-7H,17H2,1H3. The Bertz CT molecular complexity index is 623. The third-order valence-corrected chi connectivity index (χ3v) is 3.67. The molecule has 0 unspecified atom stereocenters. The van der Waals surface area contributed by atoms with E-state index in [9.17, 15) is 4.79 Å². The fraction of sp³-hybridized carbons (Fsp3) is 0.0714. The van der Waals surface area contributed by atoms with Gasteiger partial charge in [0.25, 0.3) is 0 Å². The van der Waals surface area contributed by atoms with Gasteiger partial charge in [-0.1, -0.05) is 17.7 Å². The predicted molar refractivity (Wildman–Crippen MR) is 85.0 cm³/mol. The van der Waals surface area contributed by atoms with Gasteiger partial charge in [0, 0.05) is 9.26 Å². The molecule has 2 aromatic carbocycles. The molecule has 0 saturated carbocycles. The number of carbonyl (C=O) groups is 1. The minimum Gasteiger partial charge on any atom is -0.496 e. The maximum absolute atomic E-state index is 12.6. The maximum Gasteiger partial charge on any atom is 0.200 e. The lowest BCUT2D eigenvalue weighted by atomic mass is 10.0. The molecule has 19 heavy (non-hydrogen) atoms. The van der Waals surface area contributed by atoms with Gasteiger partial charge in [-0.15, -0.1) is 0 Å². The van der Waals surface area contributed by atoms with Crippen molar-refractivity contribution in [3.05, 3.63) is 56.1 Å². The van der Waals surface area contributed by atoms with E-state index < -0.39 is 0 Å². The highest BCUT2D eigenvalue weighted by Crippen LogP contribution is 2.29. The topological polar surface area (TPSA) is 52.3 Å². The molecule has 0 aromatic heterocycles. The van der Waals surface area contributed by atoms with Crippen LogP contribution in [0.5, 0.6) is 5.75 Å². The van der Waals surface area contributed by atoms with Crippen molar-refractivity contribution < 1.29 is 9.53 Å². The zero-order chi connectivity index (χ0) is 14.0. The van der Waals surface area contributed by atoms with E-state index in [-0.39, 0.29) is 5.78 Å². The lowest BCUT2D eigenvalue weighted by Gasteiger charge is -2.11. The molecule has 0 amide bonds. The molecule has 0 spiro atoms. The summed E-state index contributed by atoms with van der Waals surface area (Å²) in [5, 5.41) is 0.339. The summed E-state index contributed by atoms with van der Waals surface area (Å²) in [7, 11) is 1.52. The van der Waals surface area contributed by atoms with Crippen LogP contribution < -0.4 is 10.5 Å². The number of ether oxygens (including phenoxy) is 1. The molecule has 0 aliphatic heterocycles. The largest absolute Gasteiger partial charge is 0.496 e. The Morgan fingerprint density at radius 1 is 1.32 bits per heavy atom. The maximum atomic E-state index is 12.6. The van der Waals surface area contributed by atoms with Crippen LogP contribution >= 0.6 is 34.2 Å². The smallest absolute Gasteiger partial charge is 0.200 e. The van der Waals surface area contributed by atoms with Gasteiger partial charge in [0.2, 0.25) is 0 Å². The minimum absolute atomic E-state index is 0.238. The second-order valence-electron chi connectivity index (χ2n) is 3.88. The fourth-order valence-corrected chi connectivity index (χ4v) is 2.53. The molecule has 2 rings (SSSR count). The molecule has 0 fully saturated rings. The Morgan fingerprint density at radius 3 is 2.68 bits per heavy atom. The van der Waals surface area contributed by atoms with Crippen molar-refractivity contribution in [2.24, 2.45) is 0 Å². The number of nitrogen functional groups attached to an aromatic ring is 1. The van der Waals surface area contributed by atoms with Crippen molar-refractivity contribution >= 4 is 45.7 Å². The minimum atomic E-state index is -0.238. The van der Waals surface area contributed by atoms with Crippen molar-refractivity contribution in [2.45, 2.75) is 0 Å². The van der Waals surface area contributed by atoms with Crippen LogP contribution in [0, 0.1) is 3.57 Å². The molecule has 0 radical (unpaired) electrons. The van der Waals surface area contributed by atoms with Gasteiger partial charge in [-0.25, -0.2) is 0 Å². The zero-order valence-corrected chi connectivity index (χ0v) is 13.0. The molecular weight excluding hydrogens is 377 g/mol. The number of halogens is 2. The van der Waals surface area contributed by atoms with Crippen molar-refractivity contribution in [1.82, 2.24) is 0 Å². The lowest BCUT2D eigenvalue weighted by molar-refractivity contribution is 0.103. The predicted octanol–water partition coefficient (Wildman–Crippen LogP) is 3.77. The van der Waals surface area contributed by atoms with Crippen LogP contribution in [-0.2, 0) is 0 Å². The Hall–Kier alpha value is -1.27. The first kappa shape index (κ1) is 14.1. The van der Waals surface area contributed by atoms with Gasteiger partial charge in [-0.3, -0.25) is 4.79 Å². The third kappa shape index (κ3) is 2.84. The van der Waals surface area contributed by atoms with Crippen LogP contribution in [0.15, 0.2) is 36.4 Å². The number of carbonyl (C=O) groups excluding carboxylic acids is 1. The van der Waals surface area contributed by atoms with Gasteiger partial charge in [-0.05, 0) is 52.9 Å². The summed E-state index contributed by atoms with van der Waals surface area (Å²) in [6.45, 7) is 0. The normalized spacial score (nSPS) is 10.3. The second-order valence-corrected chi connectivity index (χ2v) is 5.53. The Balaban J connectivity index is 2.59. The van der Waals surface area contributed by atoms with E-state index in [2.05, 4.69) is 22.6 Å². The zero-order valence-electron chi connectivity index (χ0n) is 10.1. The van der Waals surface area contributed by atoms with Gasteiger partial charge in [0.15, 0.2) is 5.78 Å². The molecule has 3 nitrogen and oxygen atoms in total. The number of methoxy groups -OCH3 is 1. The number of ketones is 1. The van der Waals surface area contributed by atoms with E-state index in [0.717, 1.165) is 3.57 Å². The van der Waals surface area contributed by atoms with Crippen molar-refractivity contribution in [1.29, 1.82) is 0 Å². The van der Waals surface area contributed by atoms with E-state index in [0.29, 0.717) is 27.6 Å². The average molecular weight is 388 g/mol. The molecule has 2 aromatic rings. The first-order valence-corrected chi connectivity index (χ1v) is 6.92. The SMILES string of the molecule is COc1ccc(I)cc1C(=O)c1c(N)cccc1Cl. The molecule has 98 valence electrons. The summed E-state index contributed by atoms with van der Waals surface area (Å²) < 4.78 is 6.15. The third-order valence-electron chi connectivity index (χ3n) is 2.68. The van der Waals surface area contributed by atoms with E-state index >= 15 is 0 Å². The Kier molecular flexibility index (Phi) is 4.31.